The lowest BCUT2D eigenvalue weighted by Gasteiger charge is -2.26. The highest BCUT2D eigenvalue weighted by Crippen LogP contribution is 2.24. The van der Waals surface area contributed by atoms with Crippen molar-refractivity contribution in [1.29, 1.82) is 5.26 Å². The van der Waals surface area contributed by atoms with Gasteiger partial charge in [-0.25, -0.2) is 0 Å². The number of nitrogens with zero attached hydrogens (tertiary/aromatic N) is 4. The third-order valence-corrected chi connectivity index (χ3v) is 3.56. The van der Waals surface area contributed by atoms with E-state index in [9.17, 15) is 5.26 Å². The largest absolute Gasteiger partial charge is 0.356 e. The Balaban J connectivity index is 3.00. The second kappa shape index (κ2) is 7.33. The van der Waals surface area contributed by atoms with Crippen molar-refractivity contribution in [3.8, 4) is 6.07 Å². The van der Waals surface area contributed by atoms with Gasteiger partial charge in [0.05, 0.1) is 5.69 Å². The third-order valence-electron chi connectivity index (χ3n) is 3.56. The predicted molar refractivity (Wildman–Crippen MR) is 83.8 cm³/mol. The van der Waals surface area contributed by atoms with Gasteiger partial charge < -0.3 is 4.90 Å². The maximum atomic E-state index is 9.39. The normalized spacial score (nSPS) is 11.2. The number of hydrogen-bond acceptors (Lipinski definition) is 3. The van der Waals surface area contributed by atoms with Crippen LogP contribution in [-0.2, 0) is 7.05 Å². The molecule has 0 aromatic carbocycles. The number of aromatic nitrogens is 2. The lowest BCUT2D eigenvalue weighted by molar-refractivity contribution is 0.527. The molecule has 0 amide bonds. The minimum atomic E-state index is 0.663. The van der Waals surface area contributed by atoms with Gasteiger partial charge in [-0.3, -0.25) is 4.68 Å². The van der Waals surface area contributed by atoms with E-state index in [0.29, 0.717) is 11.8 Å². The van der Waals surface area contributed by atoms with Crippen LogP contribution in [0.2, 0.25) is 0 Å². The molecule has 1 aromatic heterocycles. The molecule has 0 aliphatic heterocycles. The number of hydrogen-bond donors (Lipinski definition) is 0. The van der Waals surface area contributed by atoms with Gasteiger partial charge in [0.2, 0.25) is 0 Å². The number of anilines is 1. The van der Waals surface area contributed by atoms with E-state index in [2.05, 4.69) is 43.8 Å². The molecule has 0 bridgehead atoms. The molecule has 0 radical (unpaired) electrons. The molecule has 0 N–H and O–H groups in total. The smallest absolute Gasteiger partial charge is 0.144 e. The Kier molecular flexibility index (Phi) is 6.06. The first-order valence-corrected chi connectivity index (χ1v) is 7.55. The lowest BCUT2D eigenvalue weighted by atomic mass is 10.1. The predicted octanol–water partition coefficient (Wildman–Crippen LogP) is 3.50. The van der Waals surface area contributed by atoms with Gasteiger partial charge in [0.15, 0.2) is 0 Å². The van der Waals surface area contributed by atoms with Gasteiger partial charge in [-0.2, -0.15) is 10.4 Å². The Morgan fingerprint density at radius 1 is 1.15 bits per heavy atom. The zero-order valence-electron chi connectivity index (χ0n) is 13.8. The van der Waals surface area contributed by atoms with Gasteiger partial charge in [0.25, 0.3) is 0 Å². The molecule has 0 spiro atoms. The Hall–Kier alpha value is -1.50. The molecule has 0 fully saturated rings. The van der Waals surface area contributed by atoms with Crippen LogP contribution in [0.5, 0.6) is 0 Å². The number of nitriles is 1. The van der Waals surface area contributed by atoms with Crippen molar-refractivity contribution in [2.75, 3.05) is 18.0 Å². The van der Waals surface area contributed by atoms with E-state index in [0.717, 1.165) is 43.0 Å². The van der Waals surface area contributed by atoms with Gasteiger partial charge in [0, 0.05) is 20.1 Å². The minimum Gasteiger partial charge on any atom is -0.356 e. The highest BCUT2D eigenvalue weighted by molar-refractivity contribution is 5.56. The fourth-order valence-electron chi connectivity index (χ4n) is 2.29. The van der Waals surface area contributed by atoms with E-state index in [1.54, 1.807) is 0 Å². The molecular weight excluding hydrogens is 248 g/mol. The van der Waals surface area contributed by atoms with Crippen LogP contribution >= 0.6 is 0 Å². The van der Waals surface area contributed by atoms with Crippen LogP contribution in [-0.4, -0.2) is 22.9 Å². The highest BCUT2D eigenvalue weighted by atomic mass is 15.4. The van der Waals surface area contributed by atoms with Crippen molar-refractivity contribution in [3.63, 3.8) is 0 Å². The van der Waals surface area contributed by atoms with E-state index in [4.69, 9.17) is 0 Å². The second-order valence-electron chi connectivity index (χ2n) is 6.37. The summed E-state index contributed by atoms with van der Waals surface area (Å²) in [6, 6.07) is 2.32. The molecule has 0 aliphatic rings. The molecule has 112 valence electrons. The van der Waals surface area contributed by atoms with Crippen LogP contribution in [0.4, 0.5) is 5.82 Å². The summed E-state index contributed by atoms with van der Waals surface area (Å²) in [5.41, 5.74) is 1.55. The maximum Gasteiger partial charge on any atom is 0.144 e. The third kappa shape index (κ3) is 4.26. The van der Waals surface area contributed by atoms with Crippen LogP contribution in [0.1, 0.15) is 51.8 Å². The van der Waals surface area contributed by atoms with Crippen LogP contribution in [0.25, 0.3) is 0 Å². The van der Waals surface area contributed by atoms with Crippen molar-refractivity contribution in [3.05, 3.63) is 11.3 Å². The monoisotopic (exact) mass is 276 g/mol. The highest BCUT2D eigenvalue weighted by Gasteiger charge is 2.19. The average molecular weight is 276 g/mol. The Morgan fingerprint density at radius 2 is 1.65 bits per heavy atom. The molecule has 0 saturated carbocycles. The zero-order chi connectivity index (χ0) is 15.3. The van der Waals surface area contributed by atoms with Crippen LogP contribution in [0, 0.1) is 30.1 Å². The van der Waals surface area contributed by atoms with Crippen LogP contribution in [0.3, 0.4) is 0 Å². The first-order valence-electron chi connectivity index (χ1n) is 7.55. The Bertz CT molecular complexity index is 454. The van der Waals surface area contributed by atoms with Gasteiger partial charge in [-0.1, -0.05) is 27.7 Å². The number of rotatable bonds is 7. The quantitative estimate of drug-likeness (QED) is 0.765. The van der Waals surface area contributed by atoms with E-state index >= 15 is 0 Å². The van der Waals surface area contributed by atoms with Crippen LogP contribution < -0.4 is 4.90 Å². The fraction of sp³-hybridized carbons (Fsp3) is 0.750. The molecule has 1 aromatic rings. The summed E-state index contributed by atoms with van der Waals surface area (Å²) >= 11 is 0. The molecule has 1 rings (SSSR count). The average Bonchev–Trinajstić information content (AvgIpc) is 2.63. The Morgan fingerprint density at radius 3 is 2.05 bits per heavy atom. The van der Waals surface area contributed by atoms with Gasteiger partial charge in [-0.05, 0) is 31.6 Å². The zero-order valence-corrected chi connectivity index (χ0v) is 13.8. The SMILES string of the molecule is Cc1nn(C)c(N(CCC(C)C)CCC(C)C)c1C#N. The lowest BCUT2D eigenvalue weighted by Crippen LogP contribution is -2.30. The van der Waals surface area contributed by atoms with Crippen LogP contribution in [0.15, 0.2) is 0 Å². The summed E-state index contributed by atoms with van der Waals surface area (Å²) < 4.78 is 1.86. The second-order valence-corrected chi connectivity index (χ2v) is 6.37. The summed E-state index contributed by atoms with van der Waals surface area (Å²) in [7, 11) is 1.93. The van der Waals surface area contributed by atoms with Gasteiger partial charge in [-0.15, -0.1) is 0 Å². The number of aryl methyl sites for hydroxylation is 2. The molecule has 20 heavy (non-hydrogen) atoms. The first kappa shape index (κ1) is 16.6. The molecule has 0 saturated heterocycles. The minimum absolute atomic E-state index is 0.663. The molecule has 0 unspecified atom stereocenters. The van der Waals surface area contributed by atoms with Gasteiger partial charge in [0.1, 0.15) is 17.5 Å². The molecular formula is C16H28N4. The molecule has 0 atom stereocenters. The standard InChI is InChI=1S/C16H28N4/c1-12(2)7-9-20(10-8-13(3)4)16-15(11-17)14(5)18-19(16)6/h12-13H,7-10H2,1-6H3. The summed E-state index contributed by atoms with van der Waals surface area (Å²) in [6.07, 6.45) is 2.26. The first-order chi connectivity index (χ1) is 9.36. The van der Waals surface area contributed by atoms with E-state index < -0.39 is 0 Å². The van der Waals surface area contributed by atoms with Crippen molar-refractivity contribution >= 4 is 5.82 Å². The maximum absolute atomic E-state index is 9.39. The summed E-state index contributed by atoms with van der Waals surface area (Å²) in [6.45, 7) is 12.8. The van der Waals surface area contributed by atoms with Crippen molar-refractivity contribution in [1.82, 2.24) is 9.78 Å². The van der Waals surface area contributed by atoms with E-state index in [1.807, 2.05) is 18.7 Å². The van der Waals surface area contributed by atoms with E-state index in [-0.39, 0.29) is 0 Å². The molecule has 1 heterocycles. The van der Waals surface area contributed by atoms with Gasteiger partial charge >= 0.3 is 0 Å². The summed E-state index contributed by atoms with van der Waals surface area (Å²) in [5, 5.41) is 13.8. The van der Waals surface area contributed by atoms with Crippen molar-refractivity contribution in [2.24, 2.45) is 18.9 Å². The molecule has 4 heteroatoms. The summed E-state index contributed by atoms with van der Waals surface area (Å²) in [5.74, 6) is 2.30. The molecule has 0 aliphatic carbocycles. The van der Waals surface area contributed by atoms with Crippen molar-refractivity contribution < 1.29 is 0 Å². The Labute approximate surface area is 123 Å². The van der Waals surface area contributed by atoms with Crippen molar-refractivity contribution in [2.45, 2.75) is 47.5 Å². The molecule has 4 nitrogen and oxygen atoms in total. The van der Waals surface area contributed by atoms with E-state index in [1.165, 1.54) is 0 Å². The summed E-state index contributed by atoms with van der Waals surface area (Å²) in [4.78, 5) is 2.33. The fourth-order valence-corrected chi connectivity index (χ4v) is 2.29. The topological polar surface area (TPSA) is 44.9 Å².